The fraction of sp³-hybridized carbons (Fsp3) is 0.217. The molecule has 1 aliphatic rings. The minimum atomic E-state index is -0.472. The molecule has 148 valence electrons. The van der Waals surface area contributed by atoms with Crippen LogP contribution < -0.4 is 5.32 Å². The molecule has 2 aromatic carbocycles. The number of hydrogen-bond donors (Lipinski definition) is 1. The summed E-state index contributed by atoms with van der Waals surface area (Å²) in [6.45, 7) is 0. The number of anilines is 1. The van der Waals surface area contributed by atoms with Crippen molar-refractivity contribution in [3.8, 4) is 11.1 Å². The van der Waals surface area contributed by atoms with Gasteiger partial charge in [-0.1, -0.05) is 35.9 Å². The van der Waals surface area contributed by atoms with Crippen molar-refractivity contribution in [3.63, 3.8) is 0 Å². The summed E-state index contributed by atoms with van der Waals surface area (Å²) in [5.41, 5.74) is 5.26. The van der Waals surface area contributed by atoms with E-state index < -0.39 is 5.97 Å². The molecule has 0 saturated heterocycles. The molecule has 1 N–H and O–H groups in total. The molecule has 0 saturated carbocycles. The van der Waals surface area contributed by atoms with Crippen LogP contribution in [0.25, 0.3) is 11.1 Å². The van der Waals surface area contributed by atoms with Crippen molar-refractivity contribution in [1.82, 2.24) is 0 Å². The lowest BCUT2D eigenvalue weighted by Gasteiger charge is -2.16. The number of amides is 1. The number of halogens is 1. The molecule has 4 nitrogen and oxygen atoms in total. The Hall–Kier alpha value is -2.63. The summed E-state index contributed by atoms with van der Waals surface area (Å²) in [5, 5.41) is 5.68. The number of ether oxygens (including phenoxy) is 1. The van der Waals surface area contributed by atoms with Crippen molar-refractivity contribution >= 4 is 39.8 Å². The van der Waals surface area contributed by atoms with Gasteiger partial charge in [0.05, 0.1) is 7.11 Å². The number of benzene rings is 2. The van der Waals surface area contributed by atoms with Crippen molar-refractivity contribution in [2.24, 2.45) is 0 Å². The summed E-state index contributed by atoms with van der Waals surface area (Å²) >= 11 is 7.30. The number of methoxy groups -OCH3 is 1. The van der Waals surface area contributed by atoms with E-state index in [1.807, 2.05) is 11.4 Å². The average molecular weight is 426 g/mol. The van der Waals surface area contributed by atoms with Gasteiger partial charge in [0.1, 0.15) is 10.6 Å². The van der Waals surface area contributed by atoms with Crippen LogP contribution in [0.15, 0.2) is 47.8 Å². The Kier molecular flexibility index (Phi) is 5.69. The minimum absolute atomic E-state index is 0.323. The molecule has 1 aromatic heterocycles. The quantitative estimate of drug-likeness (QED) is 0.522. The van der Waals surface area contributed by atoms with Gasteiger partial charge in [-0.25, -0.2) is 4.79 Å². The largest absolute Gasteiger partial charge is 0.465 e. The lowest BCUT2D eigenvalue weighted by atomic mass is 9.89. The van der Waals surface area contributed by atoms with E-state index in [0.29, 0.717) is 21.2 Å². The zero-order valence-electron chi connectivity index (χ0n) is 16.0. The molecule has 4 rings (SSSR count). The molecule has 0 bridgehead atoms. The van der Waals surface area contributed by atoms with Crippen molar-refractivity contribution in [2.45, 2.75) is 25.7 Å². The summed E-state index contributed by atoms with van der Waals surface area (Å²) in [4.78, 5) is 25.2. The number of carbonyl (C=O) groups excluding carboxylic acids is 2. The van der Waals surface area contributed by atoms with Gasteiger partial charge in [-0.15, -0.1) is 11.3 Å². The van der Waals surface area contributed by atoms with Gasteiger partial charge in [-0.05, 0) is 60.6 Å². The van der Waals surface area contributed by atoms with Crippen molar-refractivity contribution < 1.29 is 14.3 Å². The fourth-order valence-corrected chi connectivity index (χ4v) is 4.82. The third-order valence-corrected chi connectivity index (χ3v) is 6.28. The summed E-state index contributed by atoms with van der Waals surface area (Å²) in [7, 11) is 1.35. The second kappa shape index (κ2) is 8.39. The molecular formula is C23H20ClNO3S. The first-order chi connectivity index (χ1) is 14.1. The van der Waals surface area contributed by atoms with E-state index in [2.05, 4.69) is 17.4 Å². The Bertz CT molecular complexity index is 1090. The van der Waals surface area contributed by atoms with E-state index in [0.717, 1.165) is 24.0 Å². The van der Waals surface area contributed by atoms with E-state index in [9.17, 15) is 9.59 Å². The van der Waals surface area contributed by atoms with Crippen LogP contribution in [0, 0.1) is 0 Å². The van der Waals surface area contributed by atoms with E-state index in [4.69, 9.17) is 16.3 Å². The van der Waals surface area contributed by atoms with Gasteiger partial charge in [0, 0.05) is 21.5 Å². The maximum atomic E-state index is 12.7. The van der Waals surface area contributed by atoms with Gasteiger partial charge in [-0.3, -0.25) is 4.79 Å². The van der Waals surface area contributed by atoms with Crippen LogP contribution >= 0.6 is 22.9 Å². The predicted molar refractivity (Wildman–Crippen MR) is 117 cm³/mol. The zero-order chi connectivity index (χ0) is 20.4. The first-order valence-electron chi connectivity index (χ1n) is 9.45. The highest BCUT2D eigenvalue weighted by Gasteiger charge is 2.23. The second-order valence-corrected chi connectivity index (χ2v) is 8.32. The van der Waals surface area contributed by atoms with Crippen LogP contribution in [0.5, 0.6) is 0 Å². The Labute approximate surface area is 178 Å². The lowest BCUT2D eigenvalue weighted by Crippen LogP contribution is -2.14. The number of thiophene rings is 1. The lowest BCUT2D eigenvalue weighted by molar-refractivity contribution is 0.0603. The van der Waals surface area contributed by atoms with E-state index in [1.165, 1.54) is 42.4 Å². The molecule has 1 amide bonds. The topological polar surface area (TPSA) is 55.4 Å². The van der Waals surface area contributed by atoms with Gasteiger partial charge in [0.2, 0.25) is 0 Å². The van der Waals surface area contributed by atoms with Gasteiger partial charge >= 0.3 is 5.97 Å². The Morgan fingerprint density at radius 3 is 2.62 bits per heavy atom. The number of nitrogens with one attached hydrogen (secondary N) is 1. The normalized spacial score (nSPS) is 12.9. The van der Waals surface area contributed by atoms with Crippen LogP contribution in [0.4, 0.5) is 5.00 Å². The molecule has 0 aliphatic heterocycles. The number of fused-ring (bicyclic) bond motifs is 1. The molecule has 6 heteroatoms. The molecular weight excluding hydrogens is 406 g/mol. The number of aryl methyl sites for hydroxylation is 2. The third-order valence-electron chi connectivity index (χ3n) is 5.15. The summed E-state index contributed by atoms with van der Waals surface area (Å²) in [5.74, 6) is -0.795. The maximum Gasteiger partial charge on any atom is 0.341 e. The van der Waals surface area contributed by atoms with E-state index in [-0.39, 0.29) is 5.91 Å². The molecule has 1 heterocycles. The Morgan fingerprint density at radius 1 is 1.07 bits per heavy atom. The first kappa shape index (κ1) is 19.7. The number of esters is 1. The highest BCUT2D eigenvalue weighted by Crippen LogP contribution is 2.38. The minimum Gasteiger partial charge on any atom is -0.465 e. The van der Waals surface area contributed by atoms with Crippen LogP contribution in [0.3, 0.4) is 0 Å². The molecule has 0 radical (unpaired) electrons. The first-order valence-corrected chi connectivity index (χ1v) is 10.7. The van der Waals surface area contributed by atoms with Crippen LogP contribution in [0.1, 0.15) is 44.7 Å². The fourth-order valence-electron chi connectivity index (χ4n) is 3.67. The van der Waals surface area contributed by atoms with Crippen LogP contribution in [0.2, 0.25) is 5.02 Å². The monoisotopic (exact) mass is 425 g/mol. The second-order valence-electron chi connectivity index (χ2n) is 7.00. The van der Waals surface area contributed by atoms with Crippen LogP contribution in [-0.4, -0.2) is 19.0 Å². The molecule has 0 unspecified atom stereocenters. The molecule has 29 heavy (non-hydrogen) atoms. The highest BCUT2D eigenvalue weighted by molar-refractivity contribution is 7.15. The molecule has 3 aromatic rings. The Morgan fingerprint density at radius 2 is 1.86 bits per heavy atom. The van der Waals surface area contributed by atoms with Crippen LogP contribution in [-0.2, 0) is 17.6 Å². The number of rotatable bonds is 4. The summed E-state index contributed by atoms with van der Waals surface area (Å²) in [6.07, 6.45) is 4.56. The van der Waals surface area contributed by atoms with Gasteiger partial charge < -0.3 is 10.1 Å². The van der Waals surface area contributed by atoms with Crippen molar-refractivity contribution in [1.29, 1.82) is 0 Å². The third kappa shape index (κ3) is 4.07. The van der Waals surface area contributed by atoms with Gasteiger partial charge in [0.15, 0.2) is 0 Å². The molecule has 0 fully saturated rings. The maximum absolute atomic E-state index is 12.7. The highest BCUT2D eigenvalue weighted by atomic mass is 35.5. The molecule has 0 atom stereocenters. The SMILES string of the molecule is COC(=O)c1c(-c2ccc3c(c2)CCCC3)csc1NC(=O)c1cccc(Cl)c1. The van der Waals surface area contributed by atoms with Gasteiger partial charge in [-0.2, -0.15) is 0 Å². The number of hydrogen-bond acceptors (Lipinski definition) is 4. The van der Waals surface area contributed by atoms with Gasteiger partial charge in [0.25, 0.3) is 5.91 Å². The summed E-state index contributed by atoms with van der Waals surface area (Å²) in [6, 6.07) is 13.0. The summed E-state index contributed by atoms with van der Waals surface area (Å²) < 4.78 is 5.01. The van der Waals surface area contributed by atoms with E-state index in [1.54, 1.807) is 24.3 Å². The molecule has 1 aliphatic carbocycles. The van der Waals surface area contributed by atoms with E-state index >= 15 is 0 Å². The van der Waals surface area contributed by atoms with Crippen molar-refractivity contribution in [2.75, 3.05) is 12.4 Å². The Balaban J connectivity index is 1.70. The smallest absolute Gasteiger partial charge is 0.341 e. The van der Waals surface area contributed by atoms with Crippen molar-refractivity contribution in [3.05, 3.63) is 75.1 Å². The standard InChI is InChI=1S/C23H20ClNO3S/c1-28-23(27)20-19(16-10-9-14-5-2-3-6-15(14)11-16)13-29-22(20)25-21(26)17-7-4-8-18(24)12-17/h4,7-13H,2-3,5-6H2,1H3,(H,25,26). The number of carbonyl (C=O) groups is 2. The zero-order valence-corrected chi connectivity index (χ0v) is 17.5. The molecule has 0 spiro atoms. The predicted octanol–water partition coefficient (Wildman–Crippen LogP) is 5.99. The average Bonchev–Trinajstić information content (AvgIpc) is 3.16.